The number of ether oxygens (including phenoxy) is 1. The maximum Gasteiger partial charge on any atom is 0.211 e. The van der Waals surface area contributed by atoms with Crippen molar-refractivity contribution in [2.75, 3.05) is 52.1 Å². The Bertz CT molecular complexity index is 393. The molecule has 2 heterocycles. The Kier molecular flexibility index (Phi) is 7.17. The fourth-order valence-corrected chi connectivity index (χ4v) is 3.87. The Labute approximate surface area is 128 Å². The third-order valence-electron chi connectivity index (χ3n) is 3.95. The maximum atomic E-state index is 11.6. The number of hydrogen-bond donors (Lipinski definition) is 1. The van der Waals surface area contributed by atoms with Gasteiger partial charge in [0.15, 0.2) is 0 Å². The monoisotopic (exact) mass is 327 g/mol. The number of halogens is 1. The standard InChI is InChI=1S/C12H25N3O3S.ClH/c1-19(16,17)15-4-2-3-11(9-15)8-14-5-6-18-12(7-13)10-14;/h11-12H,2-10,13H2,1H3;1H. The average molecular weight is 328 g/mol. The molecule has 0 aromatic carbocycles. The van der Waals surface area contributed by atoms with Crippen LogP contribution >= 0.6 is 12.4 Å². The van der Waals surface area contributed by atoms with Gasteiger partial charge in [0.2, 0.25) is 10.0 Å². The smallest absolute Gasteiger partial charge is 0.211 e. The molecular formula is C12H26ClN3O3S. The van der Waals surface area contributed by atoms with Crippen LogP contribution in [-0.2, 0) is 14.8 Å². The van der Waals surface area contributed by atoms with Gasteiger partial charge in [-0.3, -0.25) is 4.90 Å². The highest BCUT2D eigenvalue weighted by atomic mass is 35.5. The zero-order valence-electron chi connectivity index (χ0n) is 12.0. The van der Waals surface area contributed by atoms with E-state index in [0.717, 1.165) is 39.1 Å². The topological polar surface area (TPSA) is 75.9 Å². The van der Waals surface area contributed by atoms with E-state index in [4.69, 9.17) is 10.5 Å². The average Bonchev–Trinajstić information content (AvgIpc) is 2.38. The number of nitrogens with zero attached hydrogens (tertiary/aromatic N) is 2. The molecule has 0 bridgehead atoms. The zero-order valence-corrected chi connectivity index (χ0v) is 13.7. The van der Waals surface area contributed by atoms with Gasteiger partial charge in [0.25, 0.3) is 0 Å². The predicted octanol–water partition coefficient (Wildman–Crippen LogP) is -0.261. The molecule has 0 amide bonds. The molecule has 2 saturated heterocycles. The van der Waals surface area contributed by atoms with Gasteiger partial charge >= 0.3 is 0 Å². The molecule has 20 heavy (non-hydrogen) atoms. The minimum absolute atomic E-state index is 0. The van der Waals surface area contributed by atoms with Crippen LogP contribution in [0.4, 0.5) is 0 Å². The first-order valence-corrected chi connectivity index (χ1v) is 8.83. The highest BCUT2D eigenvalue weighted by Gasteiger charge is 2.28. The molecule has 0 spiro atoms. The van der Waals surface area contributed by atoms with Gasteiger partial charge in [0.1, 0.15) is 0 Å². The van der Waals surface area contributed by atoms with E-state index in [-0.39, 0.29) is 18.5 Å². The molecule has 2 aliphatic rings. The summed E-state index contributed by atoms with van der Waals surface area (Å²) in [6, 6.07) is 0. The summed E-state index contributed by atoms with van der Waals surface area (Å²) < 4.78 is 30.4. The van der Waals surface area contributed by atoms with Crippen molar-refractivity contribution in [2.45, 2.75) is 18.9 Å². The predicted molar refractivity (Wildman–Crippen MR) is 81.6 cm³/mol. The summed E-state index contributed by atoms with van der Waals surface area (Å²) in [7, 11) is -3.04. The number of nitrogens with two attached hydrogens (primary N) is 1. The summed E-state index contributed by atoms with van der Waals surface area (Å²) >= 11 is 0. The molecule has 2 unspecified atom stereocenters. The largest absolute Gasteiger partial charge is 0.374 e. The van der Waals surface area contributed by atoms with Crippen molar-refractivity contribution in [1.29, 1.82) is 0 Å². The van der Waals surface area contributed by atoms with E-state index < -0.39 is 10.0 Å². The Hall–Kier alpha value is 0.0800. The molecule has 2 atom stereocenters. The number of morpholine rings is 1. The number of hydrogen-bond acceptors (Lipinski definition) is 5. The molecule has 2 fully saturated rings. The van der Waals surface area contributed by atoms with Gasteiger partial charge in [-0.1, -0.05) is 0 Å². The van der Waals surface area contributed by atoms with Gasteiger partial charge < -0.3 is 10.5 Å². The highest BCUT2D eigenvalue weighted by Crippen LogP contribution is 2.20. The van der Waals surface area contributed by atoms with E-state index in [2.05, 4.69) is 4.90 Å². The summed E-state index contributed by atoms with van der Waals surface area (Å²) in [5, 5.41) is 0. The number of piperidine rings is 1. The molecule has 6 nitrogen and oxygen atoms in total. The molecule has 8 heteroatoms. The second kappa shape index (κ2) is 7.91. The fraction of sp³-hybridized carbons (Fsp3) is 1.00. The van der Waals surface area contributed by atoms with Crippen molar-refractivity contribution < 1.29 is 13.2 Å². The summed E-state index contributed by atoms with van der Waals surface area (Å²) in [4.78, 5) is 2.36. The molecule has 0 radical (unpaired) electrons. The lowest BCUT2D eigenvalue weighted by molar-refractivity contribution is -0.0298. The zero-order chi connectivity index (χ0) is 13.9. The van der Waals surface area contributed by atoms with Crippen LogP contribution in [0.3, 0.4) is 0 Å². The van der Waals surface area contributed by atoms with E-state index in [1.54, 1.807) is 4.31 Å². The lowest BCUT2D eigenvalue weighted by Gasteiger charge is -2.37. The van der Waals surface area contributed by atoms with Crippen LogP contribution in [0, 0.1) is 5.92 Å². The van der Waals surface area contributed by atoms with Crippen molar-refractivity contribution in [3.63, 3.8) is 0 Å². The fourth-order valence-electron chi connectivity index (χ4n) is 2.93. The van der Waals surface area contributed by atoms with Gasteiger partial charge in [-0.2, -0.15) is 0 Å². The maximum absolute atomic E-state index is 11.6. The third kappa shape index (κ3) is 5.13. The second-order valence-corrected chi connectivity index (χ2v) is 7.60. The molecule has 0 aromatic heterocycles. The first-order valence-electron chi connectivity index (χ1n) is 6.98. The molecule has 0 aliphatic carbocycles. The Morgan fingerprint density at radius 1 is 1.30 bits per heavy atom. The normalized spacial score (nSPS) is 29.9. The lowest BCUT2D eigenvalue weighted by atomic mass is 9.98. The highest BCUT2D eigenvalue weighted by molar-refractivity contribution is 7.88. The number of rotatable bonds is 4. The Morgan fingerprint density at radius 2 is 2.05 bits per heavy atom. The van der Waals surface area contributed by atoms with Gasteiger partial charge in [0.05, 0.1) is 19.0 Å². The van der Waals surface area contributed by atoms with E-state index in [1.165, 1.54) is 6.26 Å². The van der Waals surface area contributed by atoms with Crippen molar-refractivity contribution in [2.24, 2.45) is 11.7 Å². The van der Waals surface area contributed by atoms with Crippen LogP contribution in [0.1, 0.15) is 12.8 Å². The quantitative estimate of drug-likeness (QED) is 0.770. The molecule has 2 N–H and O–H groups in total. The van der Waals surface area contributed by atoms with Gasteiger partial charge in [-0.15, -0.1) is 12.4 Å². The van der Waals surface area contributed by atoms with Crippen LogP contribution < -0.4 is 5.73 Å². The molecule has 120 valence electrons. The van der Waals surface area contributed by atoms with Gasteiger partial charge in [-0.25, -0.2) is 12.7 Å². The van der Waals surface area contributed by atoms with Crippen LogP contribution in [0.15, 0.2) is 0 Å². The molecule has 0 saturated carbocycles. The van der Waals surface area contributed by atoms with Crippen molar-refractivity contribution in [3.05, 3.63) is 0 Å². The van der Waals surface area contributed by atoms with Crippen LogP contribution in [-0.4, -0.2) is 75.9 Å². The van der Waals surface area contributed by atoms with Crippen LogP contribution in [0.2, 0.25) is 0 Å². The molecule has 2 rings (SSSR count). The van der Waals surface area contributed by atoms with E-state index in [1.807, 2.05) is 0 Å². The summed E-state index contributed by atoms with van der Waals surface area (Å²) in [5.41, 5.74) is 5.64. The van der Waals surface area contributed by atoms with Crippen molar-refractivity contribution in [3.8, 4) is 0 Å². The number of sulfonamides is 1. The van der Waals surface area contributed by atoms with Crippen LogP contribution in [0.5, 0.6) is 0 Å². The first kappa shape index (κ1) is 18.1. The summed E-state index contributed by atoms with van der Waals surface area (Å²) in [6.45, 7) is 5.35. The first-order chi connectivity index (χ1) is 8.99. The Morgan fingerprint density at radius 3 is 2.70 bits per heavy atom. The van der Waals surface area contributed by atoms with E-state index in [0.29, 0.717) is 25.6 Å². The van der Waals surface area contributed by atoms with Crippen molar-refractivity contribution in [1.82, 2.24) is 9.21 Å². The van der Waals surface area contributed by atoms with E-state index >= 15 is 0 Å². The summed E-state index contributed by atoms with van der Waals surface area (Å²) in [6.07, 6.45) is 3.50. The minimum Gasteiger partial charge on any atom is -0.374 e. The Balaban J connectivity index is 0.00000200. The summed E-state index contributed by atoms with van der Waals surface area (Å²) in [5.74, 6) is 0.431. The van der Waals surface area contributed by atoms with E-state index in [9.17, 15) is 8.42 Å². The minimum atomic E-state index is -3.04. The third-order valence-corrected chi connectivity index (χ3v) is 5.22. The van der Waals surface area contributed by atoms with Crippen molar-refractivity contribution >= 4 is 22.4 Å². The van der Waals surface area contributed by atoms with Gasteiger partial charge in [-0.05, 0) is 18.8 Å². The molecular weight excluding hydrogens is 302 g/mol. The lowest BCUT2D eigenvalue weighted by Crippen LogP contribution is -2.49. The SMILES string of the molecule is CS(=O)(=O)N1CCCC(CN2CCOC(CN)C2)C1.Cl. The van der Waals surface area contributed by atoms with Crippen LogP contribution in [0.25, 0.3) is 0 Å². The molecule has 0 aromatic rings. The van der Waals surface area contributed by atoms with Gasteiger partial charge in [0, 0.05) is 39.3 Å². The molecule has 2 aliphatic heterocycles. The second-order valence-electron chi connectivity index (χ2n) is 5.62.